The molecule has 0 radical (unpaired) electrons. The van der Waals surface area contributed by atoms with Crippen LogP contribution >= 0.6 is 11.8 Å². The van der Waals surface area contributed by atoms with E-state index in [1.807, 2.05) is 11.8 Å². The fourth-order valence-corrected chi connectivity index (χ4v) is 3.25. The van der Waals surface area contributed by atoms with Crippen molar-refractivity contribution in [3.8, 4) is 0 Å². The fourth-order valence-electron chi connectivity index (χ4n) is 2.46. The molecule has 2 nitrogen and oxygen atoms in total. The average molecular weight is 287 g/mol. The first-order valence-electron chi connectivity index (χ1n) is 6.49. The molecule has 0 aliphatic heterocycles. The number of nitrogens with one attached hydrogen (secondary N) is 1. The first-order valence-corrected chi connectivity index (χ1v) is 7.78. The standard InChI is InChI=1S/C14H19F2NOS/c1-19-11-4-3-10(7-11)17-8-14(18)9-2-5-12(15)13(16)6-9/h2,5-6,10-11,14,17-18H,3-4,7-8H2,1H3. The third-order valence-electron chi connectivity index (χ3n) is 3.65. The molecule has 2 rings (SSSR count). The van der Waals surface area contributed by atoms with Crippen molar-refractivity contribution in [1.29, 1.82) is 0 Å². The molecule has 1 saturated carbocycles. The molecular weight excluding hydrogens is 268 g/mol. The van der Waals surface area contributed by atoms with Gasteiger partial charge in [0.25, 0.3) is 0 Å². The number of halogens is 2. The SMILES string of the molecule is CSC1CCC(NCC(O)c2ccc(F)c(F)c2)C1. The van der Waals surface area contributed by atoms with Gasteiger partial charge in [0.2, 0.25) is 0 Å². The normalized spacial score (nSPS) is 24.6. The zero-order valence-electron chi connectivity index (χ0n) is 10.9. The third kappa shape index (κ3) is 3.91. The van der Waals surface area contributed by atoms with Crippen molar-refractivity contribution in [1.82, 2.24) is 5.32 Å². The minimum Gasteiger partial charge on any atom is -0.387 e. The summed E-state index contributed by atoms with van der Waals surface area (Å²) in [7, 11) is 0. The van der Waals surface area contributed by atoms with Gasteiger partial charge in [-0.3, -0.25) is 0 Å². The summed E-state index contributed by atoms with van der Waals surface area (Å²) in [6, 6.07) is 3.94. The quantitative estimate of drug-likeness (QED) is 0.873. The number of hydrogen-bond acceptors (Lipinski definition) is 3. The summed E-state index contributed by atoms with van der Waals surface area (Å²) < 4.78 is 25.9. The number of aliphatic hydroxyl groups is 1. The molecule has 1 aromatic rings. The van der Waals surface area contributed by atoms with Crippen LogP contribution in [0.25, 0.3) is 0 Å². The van der Waals surface area contributed by atoms with Gasteiger partial charge in [-0.05, 0) is 43.2 Å². The van der Waals surface area contributed by atoms with E-state index in [2.05, 4.69) is 11.6 Å². The Morgan fingerprint density at radius 1 is 1.37 bits per heavy atom. The molecule has 1 aliphatic rings. The molecule has 19 heavy (non-hydrogen) atoms. The molecule has 2 N–H and O–H groups in total. The van der Waals surface area contributed by atoms with E-state index in [0.717, 1.165) is 25.0 Å². The number of benzene rings is 1. The van der Waals surface area contributed by atoms with Crippen molar-refractivity contribution in [2.75, 3.05) is 12.8 Å². The number of rotatable bonds is 5. The molecule has 1 aromatic carbocycles. The molecule has 106 valence electrons. The molecule has 3 unspecified atom stereocenters. The van der Waals surface area contributed by atoms with Crippen molar-refractivity contribution in [3.05, 3.63) is 35.4 Å². The summed E-state index contributed by atoms with van der Waals surface area (Å²) in [6.07, 6.45) is 4.72. The molecule has 0 bridgehead atoms. The summed E-state index contributed by atoms with van der Waals surface area (Å²) in [5.41, 5.74) is 0.408. The second-order valence-corrected chi connectivity index (χ2v) is 6.10. The fraction of sp³-hybridized carbons (Fsp3) is 0.571. The Labute approximate surface area is 116 Å². The largest absolute Gasteiger partial charge is 0.387 e. The van der Waals surface area contributed by atoms with Crippen LogP contribution in [0, 0.1) is 11.6 Å². The Morgan fingerprint density at radius 3 is 2.79 bits per heavy atom. The lowest BCUT2D eigenvalue weighted by atomic mass is 10.1. The number of hydrogen-bond donors (Lipinski definition) is 2. The predicted molar refractivity (Wildman–Crippen MR) is 74.3 cm³/mol. The van der Waals surface area contributed by atoms with E-state index in [-0.39, 0.29) is 0 Å². The van der Waals surface area contributed by atoms with E-state index in [1.54, 1.807) is 0 Å². The Bertz CT molecular complexity index is 430. The Hall–Kier alpha value is -0.650. The van der Waals surface area contributed by atoms with Crippen LogP contribution in [0.1, 0.15) is 30.9 Å². The van der Waals surface area contributed by atoms with Gasteiger partial charge in [0.15, 0.2) is 11.6 Å². The summed E-state index contributed by atoms with van der Waals surface area (Å²) in [5.74, 6) is -1.80. The summed E-state index contributed by atoms with van der Waals surface area (Å²) in [4.78, 5) is 0. The van der Waals surface area contributed by atoms with Gasteiger partial charge in [-0.25, -0.2) is 8.78 Å². The third-order valence-corrected chi connectivity index (χ3v) is 4.74. The minimum atomic E-state index is -0.917. The lowest BCUT2D eigenvalue weighted by molar-refractivity contribution is 0.169. The van der Waals surface area contributed by atoms with Gasteiger partial charge < -0.3 is 10.4 Å². The van der Waals surface area contributed by atoms with Gasteiger partial charge >= 0.3 is 0 Å². The molecule has 5 heteroatoms. The molecule has 0 saturated heterocycles. The van der Waals surface area contributed by atoms with E-state index in [1.165, 1.54) is 12.5 Å². The van der Waals surface area contributed by atoms with Crippen LogP contribution in [0.4, 0.5) is 8.78 Å². The minimum absolute atomic E-state index is 0.372. The molecular formula is C14H19F2NOS. The summed E-state index contributed by atoms with van der Waals surface area (Å²) >= 11 is 1.88. The number of aliphatic hydroxyl groups excluding tert-OH is 1. The molecule has 1 fully saturated rings. The monoisotopic (exact) mass is 287 g/mol. The molecule has 0 aromatic heterocycles. The van der Waals surface area contributed by atoms with Crippen molar-refractivity contribution in [3.63, 3.8) is 0 Å². The number of thioether (sulfide) groups is 1. The summed E-state index contributed by atoms with van der Waals surface area (Å²) in [6.45, 7) is 0.372. The first kappa shape index (κ1) is 14.8. The average Bonchev–Trinajstić information content (AvgIpc) is 2.87. The predicted octanol–water partition coefficient (Wildman–Crippen LogP) is 2.87. The molecule has 0 spiro atoms. The zero-order valence-corrected chi connectivity index (χ0v) is 11.7. The van der Waals surface area contributed by atoms with Gasteiger partial charge in [0.05, 0.1) is 6.10 Å². The van der Waals surface area contributed by atoms with E-state index < -0.39 is 17.7 Å². The second kappa shape index (κ2) is 6.68. The van der Waals surface area contributed by atoms with E-state index in [0.29, 0.717) is 23.4 Å². The van der Waals surface area contributed by atoms with Gasteiger partial charge in [-0.1, -0.05) is 6.07 Å². The van der Waals surface area contributed by atoms with Gasteiger partial charge in [0, 0.05) is 17.8 Å². The van der Waals surface area contributed by atoms with Gasteiger partial charge in [-0.15, -0.1) is 0 Å². The highest BCUT2D eigenvalue weighted by molar-refractivity contribution is 7.99. The highest BCUT2D eigenvalue weighted by Gasteiger charge is 2.24. The zero-order chi connectivity index (χ0) is 13.8. The van der Waals surface area contributed by atoms with Crippen LogP contribution in [0.15, 0.2) is 18.2 Å². The van der Waals surface area contributed by atoms with Crippen molar-refractivity contribution in [2.24, 2.45) is 0 Å². The molecule has 0 amide bonds. The van der Waals surface area contributed by atoms with E-state index in [9.17, 15) is 13.9 Å². The summed E-state index contributed by atoms with van der Waals surface area (Å²) in [5, 5.41) is 14.0. The van der Waals surface area contributed by atoms with Crippen LogP contribution in [0.2, 0.25) is 0 Å². The van der Waals surface area contributed by atoms with Crippen LogP contribution in [0.3, 0.4) is 0 Å². The highest BCUT2D eigenvalue weighted by Crippen LogP contribution is 2.28. The maximum Gasteiger partial charge on any atom is 0.159 e. The topological polar surface area (TPSA) is 32.3 Å². The molecule has 1 aliphatic carbocycles. The van der Waals surface area contributed by atoms with Crippen LogP contribution in [0.5, 0.6) is 0 Å². The van der Waals surface area contributed by atoms with Crippen molar-refractivity contribution >= 4 is 11.8 Å². The van der Waals surface area contributed by atoms with E-state index in [4.69, 9.17) is 0 Å². The van der Waals surface area contributed by atoms with E-state index >= 15 is 0 Å². The molecule has 0 heterocycles. The molecule has 3 atom stereocenters. The van der Waals surface area contributed by atoms with Crippen LogP contribution in [-0.2, 0) is 0 Å². The second-order valence-electron chi connectivity index (χ2n) is 4.97. The Kier molecular flexibility index (Phi) is 5.19. The van der Waals surface area contributed by atoms with Crippen molar-refractivity contribution in [2.45, 2.75) is 36.7 Å². The Balaban J connectivity index is 1.84. The first-order chi connectivity index (χ1) is 9.10. The maximum atomic E-state index is 13.1. The maximum absolute atomic E-state index is 13.1. The smallest absolute Gasteiger partial charge is 0.159 e. The van der Waals surface area contributed by atoms with Crippen molar-refractivity contribution < 1.29 is 13.9 Å². The van der Waals surface area contributed by atoms with Gasteiger partial charge in [-0.2, -0.15) is 11.8 Å². The lowest BCUT2D eigenvalue weighted by Gasteiger charge is -2.17. The van der Waals surface area contributed by atoms with Crippen LogP contribution < -0.4 is 5.32 Å². The lowest BCUT2D eigenvalue weighted by Crippen LogP contribution is -2.31. The van der Waals surface area contributed by atoms with Gasteiger partial charge in [0.1, 0.15) is 0 Å². The van der Waals surface area contributed by atoms with Crippen LogP contribution in [-0.4, -0.2) is 29.2 Å². The Morgan fingerprint density at radius 2 is 2.16 bits per heavy atom. The highest BCUT2D eigenvalue weighted by atomic mass is 32.2.